The van der Waals surface area contributed by atoms with Crippen molar-refractivity contribution >= 4 is 5.91 Å². The first-order valence-electron chi connectivity index (χ1n) is 7.62. The molecule has 1 unspecified atom stereocenters. The van der Waals surface area contributed by atoms with Crippen LogP contribution < -0.4 is 0 Å². The molecule has 0 spiro atoms. The minimum atomic E-state index is 0.0884. The molecule has 1 amide bonds. The molecule has 1 aliphatic heterocycles. The van der Waals surface area contributed by atoms with Crippen LogP contribution in [-0.4, -0.2) is 59.8 Å². The molecule has 118 valence electrons. The minimum Gasteiger partial charge on any atom is -0.369 e. The first-order chi connectivity index (χ1) is 10.1. The molecule has 1 aromatic rings. The smallest absolute Gasteiger partial charge is 0.248 e. The highest BCUT2D eigenvalue weighted by Gasteiger charge is 2.22. The summed E-state index contributed by atoms with van der Waals surface area (Å²) in [6, 6.07) is 1.96. The summed E-state index contributed by atoms with van der Waals surface area (Å²) in [5.41, 5.74) is 0.904. The molecule has 1 aliphatic rings. The topological polar surface area (TPSA) is 58.8 Å². The maximum Gasteiger partial charge on any atom is 0.248 e. The summed E-state index contributed by atoms with van der Waals surface area (Å²) in [6.45, 7) is 10.1. The number of nitrogens with zero attached hydrogens (tertiary/aromatic N) is 3. The summed E-state index contributed by atoms with van der Waals surface area (Å²) in [6.07, 6.45) is 1.07. The molecular weight excluding hydrogens is 270 g/mol. The predicted molar refractivity (Wildman–Crippen MR) is 78.8 cm³/mol. The van der Waals surface area contributed by atoms with Crippen LogP contribution in [0.4, 0.5) is 0 Å². The van der Waals surface area contributed by atoms with Crippen molar-refractivity contribution < 1.29 is 14.1 Å². The third-order valence-electron chi connectivity index (χ3n) is 3.85. The van der Waals surface area contributed by atoms with E-state index in [0.717, 1.165) is 50.6 Å². The van der Waals surface area contributed by atoms with Crippen molar-refractivity contribution in [3.63, 3.8) is 0 Å². The fraction of sp³-hybridized carbons (Fsp3) is 0.733. The monoisotopic (exact) mass is 295 g/mol. The van der Waals surface area contributed by atoms with Crippen molar-refractivity contribution in [1.82, 2.24) is 15.0 Å². The van der Waals surface area contributed by atoms with Crippen LogP contribution in [0.25, 0.3) is 0 Å². The van der Waals surface area contributed by atoms with E-state index in [1.54, 1.807) is 0 Å². The molecule has 1 fully saturated rings. The Kier molecular flexibility index (Phi) is 5.76. The normalized spacial score (nSPS) is 18.0. The largest absolute Gasteiger partial charge is 0.369 e. The third kappa shape index (κ3) is 4.82. The molecular formula is C15H25N3O3. The second kappa shape index (κ2) is 7.56. The Labute approximate surface area is 126 Å². The Hall–Kier alpha value is -1.40. The highest BCUT2D eigenvalue weighted by Crippen LogP contribution is 2.10. The summed E-state index contributed by atoms with van der Waals surface area (Å²) in [4.78, 5) is 16.2. The maximum atomic E-state index is 12.0. The lowest BCUT2D eigenvalue weighted by molar-refractivity contribution is -0.139. The van der Waals surface area contributed by atoms with E-state index in [4.69, 9.17) is 9.26 Å². The number of carbonyl (C=O) groups is 1. The molecule has 6 nitrogen and oxygen atoms in total. The Bertz CT molecular complexity index is 453. The first kappa shape index (κ1) is 16.0. The van der Waals surface area contributed by atoms with Crippen LogP contribution in [0.1, 0.15) is 31.7 Å². The van der Waals surface area contributed by atoms with Gasteiger partial charge >= 0.3 is 0 Å². The number of hydrogen-bond donors (Lipinski definition) is 0. The SMILES string of the molecule is CCC(C)OCC(=O)N1CCN(Cc2cc(C)no2)CC1. The van der Waals surface area contributed by atoms with Gasteiger partial charge in [-0.1, -0.05) is 12.1 Å². The van der Waals surface area contributed by atoms with Crippen molar-refractivity contribution in [2.45, 2.75) is 39.8 Å². The molecule has 0 saturated carbocycles. The molecule has 2 rings (SSSR count). The highest BCUT2D eigenvalue weighted by atomic mass is 16.5. The van der Waals surface area contributed by atoms with Gasteiger partial charge in [0.2, 0.25) is 5.91 Å². The summed E-state index contributed by atoms with van der Waals surface area (Å²) in [7, 11) is 0. The maximum absolute atomic E-state index is 12.0. The van der Waals surface area contributed by atoms with Gasteiger partial charge in [-0.3, -0.25) is 9.69 Å². The number of carbonyl (C=O) groups excluding carboxylic acids is 1. The Morgan fingerprint density at radius 3 is 2.71 bits per heavy atom. The summed E-state index contributed by atoms with van der Waals surface area (Å²) in [5.74, 6) is 0.970. The lowest BCUT2D eigenvalue weighted by Gasteiger charge is -2.34. The molecule has 0 radical (unpaired) electrons. The van der Waals surface area contributed by atoms with Gasteiger partial charge in [-0.25, -0.2) is 0 Å². The van der Waals surface area contributed by atoms with Gasteiger partial charge in [0.1, 0.15) is 6.61 Å². The fourth-order valence-electron chi connectivity index (χ4n) is 2.29. The van der Waals surface area contributed by atoms with E-state index in [2.05, 4.69) is 17.0 Å². The summed E-state index contributed by atoms with van der Waals surface area (Å²) < 4.78 is 10.7. The summed E-state index contributed by atoms with van der Waals surface area (Å²) in [5, 5.41) is 3.89. The summed E-state index contributed by atoms with van der Waals surface area (Å²) >= 11 is 0. The van der Waals surface area contributed by atoms with E-state index < -0.39 is 0 Å². The Balaban J connectivity index is 1.71. The molecule has 1 saturated heterocycles. The quantitative estimate of drug-likeness (QED) is 0.795. The lowest BCUT2D eigenvalue weighted by Crippen LogP contribution is -2.49. The molecule has 0 aliphatic carbocycles. The van der Waals surface area contributed by atoms with Crippen molar-refractivity contribution in [2.75, 3.05) is 32.8 Å². The average Bonchev–Trinajstić information content (AvgIpc) is 2.90. The van der Waals surface area contributed by atoms with Gasteiger partial charge in [-0.15, -0.1) is 0 Å². The third-order valence-corrected chi connectivity index (χ3v) is 3.85. The molecule has 21 heavy (non-hydrogen) atoms. The van der Waals surface area contributed by atoms with Gasteiger partial charge < -0.3 is 14.2 Å². The standard InChI is InChI=1S/C15H25N3O3/c1-4-13(3)20-11-15(19)18-7-5-17(6-8-18)10-14-9-12(2)16-21-14/h9,13H,4-8,10-11H2,1-3H3. The molecule has 6 heteroatoms. The van der Waals surface area contributed by atoms with Crippen molar-refractivity contribution in [1.29, 1.82) is 0 Å². The molecule has 0 aromatic carbocycles. The van der Waals surface area contributed by atoms with E-state index in [1.165, 1.54) is 0 Å². The molecule has 1 atom stereocenters. The zero-order valence-corrected chi connectivity index (χ0v) is 13.2. The van der Waals surface area contributed by atoms with E-state index in [0.29, 0.717) is 0 Å². The zero-order valence-electron chi connectivity index (χ0n) is 13.2. The molecule has 0 bridgehead atoms. The highest BCUT2D eigenvalue weighted by molar-refractivity contribution is 5.77. The van der Waals surface area contributed by atoms with Crippen LogP contribution >= 0.6 is 0 Å². The van der Waals surface area contributed by atoms with E-state index in [1.807, 2.05) is 24.8 Å². The van der Waals surface area contributed by atoms with E-state index >= 15 is 0 Å². The van der Waals surface area contributed by atoms with Gasteiger partial charge in [0.15, 0.2) is 5.76 Å². The van der Waals surface area contributed by atoms with Gasteiger partial charge in [0, 0.05) is 32.2 Å². The Morgan fingerprint density at radius 2 is 2.14 bits per heavy atom. The average molecular weight is 295 g/mol. The van der Waals surface area contributed by atoms with Crippen LogP contribution in [-0.2, 0) is 16.1 Å². The second-order valence-electron chi connectivity index (χ2n) is 5.62. The number of ether oxygens (including phenoxy) is 1. The van der Waals surface area contributed by atoms with Crippen LogP contribution in [0.3, 0.4) is 0 Å². The van der Waals surface area contributed by atoms with Gasteiger partial charge in [-0.05, 0) is 20.3 Å². The van der Waals surface area contributed by atoms with Crippen LogP contribution in [0.5, 0.6) is 0 Å². The predicted octanol–water partition coefficient (Wildman–Crippen LogP) is 1.44. The fourth-order valence-corrected chi connectivity index (χ4v) is 2.29. The molecule has 2 heterocycles. The number of amides is 1. The second-order valence-corrected chi connectivity index (χ2v) is 5.62. The molecule has 1 aromatic heterocycles. The Morgan fingerprint density at radius 1 is 1.43 bits per heavy atom. The van der Waals surface area contributed by atoms with Gasteiger partial charge in [0.25, 0.3) is 0 Å². The van der Waals surface area contributed by atoms with Crippen LogP contribution in [0.2, 0.25) is 0 Å². The van der Waals surface area contributed by atoms with Crippen molar-refractivity contribution in [3.05, 3.63) is 17.5 Å². The zero-order chi connectivity index (χ0) is 15.2. The van der Waals surface area contributed by atoms with E-state index in [-0.39, 0.29) is 18.6 Å². The van der Waals surface area contributed by atoms with Gasteiger partial charge in [0.05, 0.1) is 18.3 Å². The van der Waals surface area contributed by atoms with E-state index in [9.17, 15) is 4.79 Å². The van der Waals surface area contributed by atoms with Crippen molar-refractivity contribution in [2.24, 2.45) is 0 Å². The number of piperazine rings is 1. The number of hydrogen-bond acceptors (Lipinski definition) is 5. The number of aryl methyl sites for hydroxylation is 1. The van der Waals surface area contributed by atoms with Crippen LogP contribution in [0.15, 0.2) is 10.6 Å². The van der Waals surface area contributed by atoms with Crippen LogP contribution in [0, 0.1) is 6.92 Å². The minimum absolute atomic E-state index is 0.0884. The first-order valence-corrected chi connectivity index (χ1v) is 7.62. The van der Waals surface area contributed by atoms with Gasteiger partial charge in [-0.2, -0.15) is 0 Å². The molecule has 0 N–H and O–H groups in total. The number of rotatable bonds is 6. The number of aromatic nitrogens is 1. The lowest BCUT2D eigenvalue weighted by atomic mass is 10.3. The van der Waals surface area contributed by atoms with Crippen molar-refractivity contribution in [3.8, 4) is 0 Å².